The molecular formula is C12H22N2O2. The van der Waals surface area contributed by atoms with Crippen molar-refractivity contribution >= 4 is 11.7 Å². The van der Waals surface area contributed by atoms with E-state index in [4.69, 9.17) is 0 Å². The lowest BCUT2D eigenvalue weighted by atomic mass is 9.93. The van der Waals surface area contributed by atoms with E-state index in [9.17, 15) is 9.59 Å². The average Bonchev–Trinajstić information content (AvgIpc) is 2.16. The number of nitrogens with zero attached hydrogens (tertiary/aromatic N) is 1. The van der Waals surface area contributed by atoms with E-state index in [1.54, 1.807) is 0 Å². The Balaban J connectivity index is 2.41. The highest BCUT2D eigenvalue weighted by Crippen LogP contribution is 2.18. The van der Waals surface area contributed by atoms with Gasteiger partial charge in [-0.05, 0) is 33.7 Å². The predicted octanol–water partition coefficient (Wildman–Crippen LogP) is 0.954. The molecule has 16 heavy (non-hydrogen) atoms. The first-order valence-corrected chi connectivity index (χ1v) is 6.03. The molecule has 1 aliphatic rings. The summed E-state index contributed by atoms with van der Waals surface area (Å²) in [6.07, 6.45) is 3.65. The first-order chi connectivity index (χ1) is 7.50. The summed E-state index contributed by atoms with van der Waals surface area (Å²) in [6.45, 7) is 4.18. The number of carbonyl (C=O) groups excluding carboxylic acids is 2. The maximum atomic E-state index is 11.7. The molecule has 0 aliphatic heterocycles. The Morgan fingerprint density at radius 1 is 1.50 bits per heavy atom. The van der Waals surface area contributed by atoms with Gasteiger partial charge >= 0.3 is 0 Å². The van der Waals surface area contributed by atoms with Crippen LogP contribution in [0.3, 0.4) is 0 Å². The lowest BCUT2D eigenvalue weighted by Crippen LogP contribution is -2.46. The molecule has 1 unspecified atom stereocenters. The fourth-order valence-corrected chi connectivity index (χ4v) is 2.14. The molecule has 0 aromatic rings. The van der Waals surface area contributed by atoms with E-state index < -0.39 is 0 Å². The number of rotatable bonds is 4. The molecule has 92 valence electrons. The van der Waals surface area contributed by atoms with Crippen molar-refractivity contribution in [3.8, 4) is 0 Å². The Kier molecular flexibility index (Phi) is 4.93. The molecule has 0 aromatic carbocycles. The van der Waals surface area contributed by atoms with E-state index in [1.807, 2.05) is 25.8 Å². The molecule has 1 N–H and O–H groups in total. The zero-order chi connectivity index (χ0) is 12.1. The second-order valence-corrected chi connectivity index (χ2v) is 4.87. The van der Waals surface area contributed by atoms with Crippen molar-refractivity contribution in [1.82, 2.24) is 10.2 Å². The molecule has 0 heterocycles. The normalized spacial score (nSPS) is 21.6. The van der Waals surface area contributed by atoms with Gasteiger partial charge in [0.25, 0.3) is 0 Å². The molecule has 0 aromatic heterocycles. The molecule has 1 amide bonds. The van der Waals surface area contributed by atoms with Crippen LogP contribution in [-0.4, -0.2) is 42.3 Å². The van der Waals surface area contributed by atoms with Gasteiger partial charge in [-0.3, -0.25) is 14.5 Å². The molecule has 1 aliphatic carbocycles. The first kappa shape index (κ1) is 13.2. The number of Topliss-reactive ketones (excluding diaryl/α,β-unsaturated/α-hetero) is 1. The molecular weight excluding hydrogens is 204 g/mol. The molecule has 1 saturated carbocycles. The highest BCUT2D eigenvalue weighted by Gasteiger charge is 2.26. The number of hydrogen-bond acceptors (Lipinski definition) is 3. The molecule has 4 nitrogen and oxygen atoms in total. The quantitative estimate of drug-likeness (QED) is 0.776. The van der Waals surface area contributed by atoms with Crippen molar-refractivity contribution in [2.24, 2.45) is 0 Å². The largest absolute Gasteiger partial charge is 0.353 e. The molecule has 0 bridgehead atoms. The van der Waals surface area contributed by atoms with Crippen LogP contribution in [0, 0.1) is 0 Å². The van der Waals surface area contributed by atoms with Gasteiger partial charge in [-0.2, -0.15) is 0 Å². The van der Waals surface area contributed by atoms with E-state index in [0.29, 0.717) is 13.0 Å². The lowest BCUT2D eigenvalue weighted by molar-refractivity contribution is -0.128. The fourth-order valence-electron chi connectivity index (χ4n) is 2.14. The van der Waals surface area contributed by atoms with Crippen molar-refractivity contribution in [3.05, 3.63) is 0 Å². The van der Waals surface area contributed by atoms with Crippen molar-refractivity contribution in [2.45, 2.75) is 51.6 Å². The van der Waals surface area contributed by atoms with E-state index in [-0.39, 0.29) is 23.8 Å². The van der Waals surface area contributed by atoms with Gasteiger partial charge in [0.1, 0.15) is 5.78 Å². The summed E-state index contributed by atoms with van der Waals surface area (Å²) < 4.78 is 0. The Morgan fingerprint density at radius 3 is 2.75 bits per heavy atom. The maximum absolute atomic E-state index is 11.7. The van der Waals surface area contributed by atoms with Gasteiger partial charge in [-0.25, -0.2) is 0 Å². The van der Waals surface area contributed by atoms with Crippen molar-refractivity contribution in [2.75, 3.05) is 13.6 Å². The standard InChI is InChI=1S/C12H22N2O2/c1-9(2)13-12(16)8-14(3)10-6-4-5-7-11(10)15/h9-10H,4-8H2,1-3H3,(H,13,16). The maximum Gasteiger partial charge on any atom is 0.234 e. The smallest absolute Gasteiger partial charge is 0.234 e. The third-order valence-corrected chi connectivity index (χ3v) is 2.90. The molecule has 1 atom stereocenters. The van der Waals surface area contributed by atoms with Crippen LogP contribution < -0.4 is 5.32 Å². The molecule has 0 radical (unpaired) electrons. The Labute approximate surface area is 97.4 Å². The van der Waals surface area contributed by atoms with Crippen molar-refractivity contribution in [1.29, 1.82) is 0 Å². The van der Waals surface area contributed by atoms with Crippen LogP contribution in [0.4, 0.5) is 0 Å². The third kappa shape index (κ3) is 3.93. The van der Waals surface area contributed by atoms with E-state index in [1.165, 1.54) is 0 Å². The number of amides is 1. The summed E-state index contributed by atoms with van der Waals surface area (Å²) in [5.74, 6) is 0.280. The van der Waals surface area contributed by atoms with Crippen LogP contribution in [0.5, 0.6) is 0 Å². The Hall–Kier alpha value is -0.900. The highest BCUT2D eigenvalue weighted by atomic mass is 16.2. The van der Waals surface area contributed by atoms with Gasteiger partial charge in [0.05, 0.1) is 12.6 Å². The second-order valence-electron chi connectivity index (χ2n) is 4.87. The van der Waals surface area contributed by atoms with Gasteiger partial charge in [-0.15, -0.1) is 0 Å². The molecule has 0 spiro atoms. The monoisotopic (exact) mass is 226 g/mol. The van der Waals surface area contributed by atoms with Crippen LogP contribution in [0.15, 0.2) is 0 Å². The second kappa shape index (κ2) is 5.99. The Bertz CT molecular complexity index is 264. The summed E-state index contributed by atoms with van der Waals surface area (Å²) in [5.41, 5.74) is 0. The van der Waals surface area contributed by atoms with Crippen LogP contribution in [0.1, 0.15) is 39.5 Å². The minimum Gasteiger partial charge on any atom is -0.353 e. The zero-order valence-electron chi connectivity index (χ0n) is 10.5. The first-order valence-electron chi connectivity index (χ1n) is 6.03. The van der Waals surface area contributed by atoms with Crippen LogP contribution in [0.2, 0.25) is 0 Å². The number of hydrogen-bond donors (Lipinski definition) is 1. The molecule has 1 fully saturated rings. The number of carbonyl (C=O) groups is 2. The molecule has 4 heteroatoms. The highest BCUT2D eigenvalue weighted by molar-refractivity contribution is 5.85. The van der Waals surface area contributed by atoms with Gasteiger partial charge in [-0.1, -0.05) is 6.42 Å². The lowest BCUT2D eigenvalue weighted by Gasteiger charge is -2.29. The van der Waals surface area contributed by atoms with Crippen LogP contribution in [-0.2, 0) is 9.59 Å². The number of likely N-dealkylation sites (N-methyl/N-ethyl adjacent to an activating group) is 1. The van der Waals surface area contributed by atoms with Crippen molar-refractivity contribution < 1.29 is 9.59 Å². The van der Waals surface area contributed by atoms with Crippen molar-refractivity contribution in [3.63, 3.8) is 0 Å². The Morgan fingerprint density at radius 2 is 2.19 bits per heavy atom. The summed E-state index contributed by atoms with van der Waals surface area (Å²) in [4.78, 5) is 25.1. The SMILES string of the molecule is CC(C)NC(=O)CN(C)C1CCCCC1=O. The summed E-state index contributed by atoms with van der Waals surface area (Å²) in [5, 5.41) is 2.84. The molecule has 0 saturated heterocycles. The summed E-state index contributed by atoms with van der Waals surface area (Å²) in [7, 11) is 1.85. The summed E-state index contributed by atoms with van der Waals surface area (Å²) in [6, 6.07) is 0.106. The van der Waals surface area contributed by atoms with E-state index >= 15 is 0 Å². The van der Waals surface area contributed by atoms with E-state index in [2.05, 4.69) is 5.32 Å². The number of ketones is 1. The zero-order valence-corrected chi connectivity index (χ0v) is 10.5. The van der Waals surface area contributed by atoms with Gasteiger partial charge in [0, 0.05) is 12.5 Å². The van der Waals surface area contributed by atoms with Crippen LogP contribution >= 0.6 is 0 Å². The van der Waals surface area contributed by atoms with E-state index in [0.717, 1.165) is 19.3 Å². The summed E-state index contributed by atoms with van der Waals surface area (Å²) >= 11 is 0. The fraction of sp³-hybridized carbons (Fsp3) is 0.833. The van der Waals surface area contributed by atoms with Crippen LogP contribution in [0.25, 0.3) is 0 Å². The number of nitrogens with one attached hydrogen (secondary N) is 1. The topological polar surface area (TPSA) is 49.4 Å². The minimum atomic E-state index is -0.0494. The predicted molar refractivity (Wildman–Crippen MR) is 63.2 cm³/mol. The average molecular weight is 226 g/mol. The minimum absolute atomic E-state index is 0.00382. The van der Waals surface area contributed by atoms with Gasteiger partial charge in [0.15, 0.2) is 0 Å². The van der Waals surface area contributed by atoms with Gasteiger partial charge < -0.3 is 5.32 Å². The molecule has 1 rings (SSSR count). The van der Waals surface area contributed by atoms with Gasteiger partial charge in [0.2, 0.25) is 5.91 Å². The third-order valence-electron chi connectivity index (χ3n) is 2.90.